The Morgan fingerprint density at radius 3 is 2.55 bits per heavy atom. The van der Waals surface area contributed by atoms with Crippen LogP contribution < -0.4 is 5.48 Å². The SMILES string of the molecule is CO/[N+](=C1/CC=CC=C1OC(=O)N1CCN(C)CC1)c1cc(Cl)c(Cl)cc1[NH2+]O. The number of benzene rings is 1. The normalized spacial score (nSPS) is 19.1. The van der Waals surface area contributed by atoms with E-state index in [0.29, 0.717) is 52.4 Å². The van der Waals surface area contributed by atoms with Crippen LogP contribution in [0.25, 0.3) is 0 Å². The van der Waals surface area contributed by atoms with Crippen molar-refractivity contribution in [2.45, 2.75) is 6.42 Å². The van der Waals surface area contributed by atoms with Crippen LogP contribution in [0.15, 0.2) is 36.1 Å². The zero-order chi connectivity index (χ0) is 21.0. The third kappa shape index (κ3) is 4.91. The third-order valence-corrected chi connectivity index (χ3v) is 5.52. The van der Waals surface area contributed by atoms with E-state index in [1.54, 1.807) is 17.0 Å². The van der Waals surface area contributed by atoms with E-state index in [1.165, 1.54) is 17.9 Å². The van der Waals surface area contributed by atoms with E-state index >= 15 is 0 Å². The Labute approximate surface area is 179 Å². The summed E-state index contributed by atoms with van der Waals surface area (Å²) in [5.74, 6) is 0.369. The highest BCUT2D eigenvalue weighted by Gasteiger charge is 2.33. The number of nitrogens with two attached hydrogens (primary N) is 1. The molecule has 1 heterocycles. The molecule has 156 valence electrons. The maximum Gasteiger partial charge on any atom is 0.415 e. The zero-order valence-electron chi connectivity index (χ0n) is 16.3. The topological polar surface area (TPSA) is 81.9 Å². The highest BCUT2D eigenvalue weighted by molar-refractivity contribution is 6.42. The quantitative estimate of drug-likeness (QED) is 0.425. The second-order valence-electron chi connectivity index (χ2n) is 6.70. The van der Waals surface area contributed by atoms with Crippen LogP contribution in [-0.4, -0.2) is 71.9 Å². The molecule has 0 bridgehead atoms. The number of rotatable bonds is 4. The Morgan fingerprint density at radius 2 is 1.90 bits per heavy atom. The molecule has 0 spiro atoms. The number of amides is 1. The lowest BCUT2D eigenvalue weighted by Gasteiger charge is -2.31. The van der Waals surface area contributed by atoms with Gasteiger partial charge in [-0.15, -0.1) is 0 Å². The average molecular weight is 443 g/mol. The Hall–Kier alpha value is -2.10. The summed E-state index contributed by atoms with van der Waals surface area (Å²) < 4.78 is 7.17. The van der Waals surface area contributed by atoms with Crippen molar-refractivity contribution in [2.24, 2.45) is 0 Å². The Morgan fingerprint density at radius 1 is 1.21 bits per heavy atom. The molecule has 2 aliphatic rings. The van der Waals surface area contributed by atoms with Gasteiger partial charge in [-0.2, -0.15) is 5.48 Å². The van der Waals surface area contributed by atoms with E-state index in [4.69, 9.17) is 32.8 Å². The summed E-state index contributed by atoms with van der Waals surface area (Å²) >= 11 is 12.2. The van der Waals surface area contributed by atoms with Gasteiger partial charge in [0.15, 0.2) is 0 Å². The fourth-order valence-corrected chi connectivity index (χ4v) is 3.47. The highest BCUT2D eigenvalue weighted by atomic mass is 35.5. The molecular weight excluding hydrogens is 419 g/mol. The molecule has 10 heteroatoms. The predicted molar refractivity (Wildman–Crippen MR) is 109 cm³/mol. The molecule has 0 unspecified atom stereocenters. The van der Waals surface area contributed by atoms with Crippen LogP contribution in [-0.2, 0) is 9.57 Å². The first kappa shape index (κ1) is 21.6. The van der Waals surface area contributed by atoms with Crippen molar-refractivity contribution >= 4 is 46.4 Å². The number of piperazine rings is 1. The van der Waals surface area contributed by atoms with Crippen molar-refractivity contribution < 1.29 is 29.8 Å². The smallest absolute Gasteiger partial charge is 0.403 e. The van der Waals surface area contributed by atoms with Crippen molar-refractivity contribution in [3.63, 3.8) is 0 Å². The molecule has 1 aliphatic heterocycles. The summed E-state index contributed by atoms with van der Waals surface area (Å²) in [6.07, 6.45) is 5.49. The van der Waals surface area contributed by atoms with Gasteiger partial charge in [-0.3, -0.25) is 4.84 Å². The first-order valence-corrected chi connectivity index (χ1v) is 9.89. The molecule has 29 heavy (non-hydrogen) atoms. The number of halogens is 2. The van der Waals surface area contributed by atoms with Crippen molar-refractivity contribution in [3.8, 4) is 0 Å². The van der Waals surface area contributed by atoms with Crippen molar-refractivity contribution in [1.82, 2.24) is 9.80 Å². The number of hydrogen-bond acceptors (Lipinski definition) is 5. The van der Waals surface area contributed by atoms with Gasteiger partial charge in [0.25, 0.3) is 5.71 Å². The molecule has 1 aromatic rings. The number of likely N-dealkylation sites (N-methyl/N-ethyl adjacent to an activating group) is 1. The van der Waals surface area contributed by atoms with Gasteiger partial charge in [-0.1, -0.05) is 35.4 Å². The number of hydrogen-bond donors (Lipinski definition) is 2. The van der Waals surface area contributed by atoms with E-state index in [1.807, 2.05) is 19.2 Å². The van der Waals surface area contributed by atoms with Gasteiger partial charge in [0.2, 0.25) is 11.4 Å². The lowest BCUT2D eigenvalue weighted by Crippen LogP contribution is -2.74. The van der Waals surface area contributed by atoms with Gasteiger partial charge >= 0.3 is 11.8 Å². The minimum atomic E-state index is -0.406. The molecular formula is C19H24Cl2N4O4+2. The molecule has 0 aromatic heterocycles. The number of carbonyl (C=O) groups excluding carboxylic acids is 1. The molecule has 1 saturated heterocycles. The summed E-state index contributed by atoms with van der Waals surface area (Å²) in [7, 11) is 3.50. The van der Waals surface area contributed by atoms with Crippen molar-refractivity contribution in [1.29, 1.82) is 0 Å². The van der Waals surface area contributed by atoms with Crippen LogP contribution in [0.1, 0.15) is 6.42 Å². The van der Waals surface area contributed by atoms with Crippen LogP contribution in [0, 0.1) is 0 Å². The molecule has 1 amide bonds. The van der Waals surface area contributed by atoms with Gasteiger partial charge in [-0.05, 0) is 13.1 Å². The van der Waals surface area contributed by atoms with E-state index in [9.17, 15) is 10.0 Å². The average Bonchev–Trinajstić information content (AvgIpc) is 2.72. The largest absolute Gasteiger partial charge is 0.415 e. The summed E-state index contributed by atoms with van der Waals surface area (Å²) in [6, 6.07) is 3.12. The van der Waals surface area contributed by atoms with Gasteiger partial charge < -0.3 is 14.5 Å². The molecule has 3 rings (SSSR count). The van der Waals surface area contributed by atoms with Gasteiger partial charge in [0.05, 0.1) is 16.5 Å². The molecule has 3 N–H and O–H groups in total. The Bertz CT molecular complexity index is 877. The predicted octanol–water partition coefficient (Wildman–Crippen LogP) is 2.45. The zero-order valence-corrected chi connectivity index (χ0v) is 17.8. The minimum absolute atomic E-state index is 0.303. The lowest BCUT2D eigenvalue weighted by molar-refractivity contribution is -0.830. The molecule has 0 atom stereocenters. The van der Waals surface area contributed by atoms with Gasteiger partial charge in [0, 0.05) is 43.1 Å². The van der Waals surface area contributed by atoms with Gasteiger partial charge in [-0.25, -0.2) is 10.0 Å². The maximum absolute atomic E-state index is 12.7. The molecule has 8 nitrogen and oxygen atoms in total. The Kier molecular flexibility index (Phi) is 7.15. The number of quaternary nitrogens is 1. The van der Waals surface area contributed by atoms with Crippen molar-refractivity contribution in [2.75, 3.05) is 40.3 Å². The fourth-order valence-electron chi connectivity index (χ4n) is 3.14. The van der Waals surface area contributed by atoms with Gasteiger partial charge in [0.1, 0.15) is 7.11 Å². The van der Waals surface area contributed by atoms with E-state index in [-0.39, 0.29) is 0 Å². The Balaban J connectivity index is 1.93. The lowest BCUT2D eigenvalue weighted by atomic mass is 10.1. The molecule has 1 aromatic carbocycles. The monoisotopic (exact) mass is 442 g/mol. The maximum atomic E-state index is 12.7. The van der Waals surface area contributed by atoms with E-state index in [0.717, 1.165) is 18.6 Å². The highest BCUT2D eigenvalue weighted by Crippen LogP contribution is 2.33. The van der Waals surface area contributed by atoms with E-state index < -0.39 is 6.09 Å². The molecule has 0 radical (unpaired) electrons. The van der Waals surface area contributed by atoms with E-state index in [2.05, 4.69) is 4.90 Å². The molecule has 1 fully saturated rings. The first-order valence-electron chi connectivity index (χ1n) is 9.13. The minimum Gasteiger partial charge on any atom is -0.403 e. The van der Waals surface area contributed by atoms with Crippen molar-refractivity contribution in [3.05, 3.63) is 46.2 Å². The standard InChI is InChI=1S/C19H23Cl2N4O4/c1-23-7-9-24(10-8-23)19(26)29-18-6-4-3-5-16(18)25(28-2)17-12-14(21)13(20)11-15(17)22-27/h3-4,6,11-12,22,27H,5,7-10H2,1-2H3/q+1/p+1/b25-16-. The van der Waals surface area contributed by atoms with Crippen LogP contribution in [0.4, 0.5) is 16.2 Å². The second-order valence-corrected chi connectivity index (χ2v) is 7.51. The number of allylic oxidation sites excluding steroid dienone is 4. The second kappa shape index (κ2) is 9.60. The third-order valence-electron chi connectivity index (χ3n) is 4.79. The van der Waals surface area contributed by atoms with Crippen LogP contribution in [0.2, 0.25) is 10.0 Å². The fraction of sp³-hybridized carbons (Fsp3) is 0.368. The first-order chi connectivity index (χ1) is 13.9. The number of ether oxygens (including phenoxy) is 1. The number of nitrogens with zero attached hydrogens (tertiary/aromatic N) is 3. The van der Waals surface area contributed by atoms with Crippen LogP contribution in [0.3, 0.4) is 0 Å². The summed E-state index contributed by atoms with van der Waals surface area (Å²) in [4.78, 5) is 22.1. The molecule has 1 aliphatic carbocycles. The summed E-state index contributed by atoms with van der Waals surface area (Å²) in [5.41, 5.74) is 2.39. The van der Waals surface area contributed by atoms with Crippen LogP contribution in [0.5, 0.6) is 0 Å². The molecule has 0 saturated carbocycles. The number of carbonyl (C=O) groups is 1. The summed E-state index contributed by atoms with van der Waals surface area (Å²) in [6.45, 7) is 2.82. The van der Waals surface area contributed by atoms with Crippen LogP contribution >= 0.6 is 23.2 Å². The summed E-state index contributed by atoms with van der Waals surface area (Å²) in [5, 5.41) is 10.2.